The van der Waals surface area contributed by atoms with Gasteiger partial charge in [-0.3, -0.25) is 9.59 Å². The van der Waals surface area contributed by atoms with Crippen molar-refractivity contribution in [3.05, 3.63) is 65.9 Å². The summed E-state index contributed by atoms with van der Waals surface area (Å²) in [6.45, 7) is 11.6. The molecule has 4 N–H and O–H groups in total. The van der Waals surface area contributed by atoms with E-state index in [1.807, 2.05) is 42.8 Å². The number of nitrogens with zero attached hydrogens (tertiary/aromatic N) is 4. The van der Waals surface area contributed by atoms with Gasteiger partial charge in [-0.05, 0) is 110 Å². The third kappa shape index (κ3) is 8.25. The Balaban J connectivity index is 0.978. The zero-order chi connectivity index (χ0) is 45.7. The molecule has 0 spiro atoms. The number of ether oxygens (including phenoxy) is 4. The minimum absolute atomic E-state index is 0.0192. The topological polar surface area (TPSA) is 193 Å². The molecule has 16 nitrogen and oxygen atoms in total. The number of fused-ring (bicyclic) bond motifs is 6. The van der Waals surface area contributed by atoms with Gasteiger partial charge in [-0.25, -0.2) is 19.6 Å². The lowest BCUT2D eigenvalue weighted by atomic mass is 9.90. The molecule has 344 valence electrons. The van der Waals surface area contributed by atoms with E-state index in [0.29, 0.717) is 38.5 Å². The van der Waals surface area contributed by atoms with Gasteiger partial charge in [-0.1, -0.05) is 45.9 Å². The van der Waals surface area contributed by atoms with Gasteiger partial charge in [0.2, 0.25) is 11.8 Å². The predicted octanol–water partition coefficient (Wildman–Crippen LogP) is 7.94. The number of imidazole rings is 2. The molecule has 16 heteroatoms. The number of carbonyl (C=O) groups excluding carboxylic acids is 4. The third-order valence-corrected chi connectivity index (χ3v) is 14.1. The molecule has 6 heterocycles. The van der Waals surface area contributed by atoms with Crippen LogP contribution in [0.15, 0.2) is 48.7 Å². The van der Waals surface area contributed by atoms with Crippen molar-refractivity contribution in [3.63, 3.8) is 0 Å². The molecule has 9 rings (SSSR count). The molecule has 3 saturated heterocycles. The average molecular weight is 889 g/mol. The number of likely N-dealkylation sites (tertiary alicyclic amines) is 2. The van der Waals surface area contributed by atoms with Gasteiger partial charge in [-0.2, -0.15) is 0 Å². The first-order valence-electron chi connectivity index (χ1n) is 23.0. The Morgan fingerprint density at radius 1 is 0.800 bits per heavy atom. The number of amides is 4. The van der Waals surface area contributed by atoms with Crippen molar-refractivity contribution in [1.82, 2.24) is 40.4 Å². The van der Waals surface area contributed by atoms with Crippen LogP contribution in [0.4, 0.5) is 9.59 Å². The van der Waals surface area contributed by atoms with Crippen LogP contribution in [0.5, 0.6) is 5.75 Å². The minimum Gasteiger partial charge on any atom is -0.488 e. The Morgan fingerprint density at radius 3 is 2.28 bits per heavy atom. The number of methoxy groups -OCH3 is 2. The summed E-state index contributed by atoms with van der Waals surface area (Å²) in [4.78, 5) is 74.2. The smallest absolute Gasteiger partial charge is 0.407 e. The van der Waals surface area contributed by atoms with Crippen molar-refractivity contribution in [2.75, 3.05) is 27.4 Å². The van der Waals surface area contributed by atoms with Gasteiger partial charge in [0.25, 0.3) is 0 Å². The first-order valence-corrected chi connectivity index (χ1v) is 23.0. The summed E-state index contributed by atoms with van der Waals surface area (Å²) in [5.41, 5.74) is 6.59. The van der Waals surface area contributed by atoms with Gasteiger partial charge in [-0.15, -0.1) is 0 Å². The van der Waals surface area contributed by atoms with Crippen LogP contribution in [0, 0.1) is 17.8 Å². The molecular weight excluding hydrogens is 829 g/mol. The highest BCUT2D eigenvalue weighted by Crippen LogP contribution is 2.45. The molecule has 2 aromatic heterocycles. The first kappa shape index (κ1) is 44.1. The van der Waals surface area contributed by atoms with Gasteiger partial charge in [0.05, 0.1) is 49.2 Å². The maximum Gasteiger partial charge on any atom is 0.407 e. The van der Waals surface area contributed by atoms with Crippen molar-refractivity contribution in [3.8, 4) is 28.1 Å². The largest absolute Gasteiger partial charge is 0.488 e. The van der Waals surface area contributed by atoms with Crippen LogP contribution in [-0.4, -0.2) is 105 Å². The highest BCUT2D eigenvalue weighted by Gasteiger charge is 2.46. The fraction of sp³-hybridized carbons (Fsp3) is 0.510. The Kier molecular flexibility index (Phi) is 12.2. The van der Waals surface area contributed by atoms with E-state index in [0.717, 1.165) is 87.0 Å². The van der Waals surface area contributed by atoms with Gasteiger partial charge in [0.15, 0.2) is 0 Å². The summed E-state index contributed by atoms with van der Waals surface area (Å²) in [5.74, 6) is 1.94. The van der Waals surface area contributed by atoms with E-state index in [1.54, 1.807) is 0 Å². The number of hydrogen-bond donors (Lipinski definition) is 4. The molecule has 0 radical (unpaired) electrons. The molecule has 6 atom stereocenters. The SMILES string of the molecule is COC(=O)N[C@H](C(=O)N1[C@@H](C)CC[C@H]1c1ncc(-c2ccc3c(c2)COc2cc4c(ccc5[nH]c([C@@H]6CC[C@H](C(C)C)N6C(=O)[C@@H](NC(=O)OC)C6CCOCC6)nc54)cc2-3)[nH]1)C(C)C. The number of rotatable bonds is 10. The third-order valence-electron chi connectivity index (χ3n) is 14.1. The highest BCUT2D eigenvalue weighted by atomic mass is 16.5. The maximum atomic E-state index is 14.7. The van der Waals surface area contributed by atoms with E-state index in [1.165, 1.54) is 14.2 Å². The van der Waals surface area contributed by atoms with E-state index in [2.05, 4.69) is 70.8 Å². The van der Waals surface area contributed by atoms with E-state index >= 15 is 0 Å². The summed E-state index contributed by atoms with van der Waals surface area (Å²) in [5, 5.41) is 7.59. The number of aromatic amines is 2. The van der Waals surface area contributed by atoms with Gasteiger partial charge in [0.1, 0.15) is 36.1 Å². The fourth-order valence-electron chi connectivity index (χ4n) is 10.6. The second-order valence-corrected chi connectivity index (χ2v) is 18.8. The lowest BCUT2D eigenvalue weighted by Gasteiger charge is -2.38. The lowest BCUT2D eigenvalue weighted by Crippen LogP contribution is -2.55. The van der Waals surface area contributed by atoms with Crippen LogP contribution in [-0.2, 0) is 30.4 Å². The standard InChI is InChI=1S/C49H60N8O8/c1-25(2)37-14-15-39(57(37)47(59)42(55-49(61)63-7)28-16-18-64-19-17-28)45-51-35-12-10-29-21-34-32-11-9-30(20-31(32)24-65-40(34)22-33(29)43(35)53-45)36-23-50-44(52-36)38-13-8-27(5)56(38)46(58)41(26(3)4)54-48(60)62-6/h9-12,20-23,25-28,37-39,41-42H,8,13-19,24H2,1-7H3,(H,50,52)(H,51,53)(H,54,60)(H,55,61)/t27-,37+,38-,39-,41-,42-/m0/s1. The lowest BCUT2D eigenvalue weighted by molar-refractivity contribution is -0.140. The van der Waals surface area contributed by atoms with Crippen molar-refractivity contribution in [2.24, 2.45) is 17.8 Å². The minimum atomic E-state index is -0.732. The molecule has 0 unspecified atom stereocenters. The highest BCUT2D eigenvalue weighted by molar-refractivity contribution is 6.07. The normalized spacial score (nSPS) is 21.9. The maximum absolute atomic E-state index is 14.7. The number of carbonyl (C=O) groups is 4. The zero-order valence-electron chi connectivity index (χ0n) is 38.2. The van der Waals surface area contributed by atoms with E-state index in [4.69, 9.17) is 28.9 Å². The molecule has 4 amide bonds. The molecule has 0 bridgehead atoms. The number of alkyl carbamates (subject to hydrolysis) is 2. The van der Waals surface area contributed by atoms with E-state index < -0.39 is 24.3 Å². The summed E-state index contributed by atoms with van der Waals surface area (Å²) in [7, 11) is 2.61. The van der Waals surface area contributed by atoms with E-state index in [-0.39, 0.29) is 53.7 Å². The quantitative estimate of drug-likeness (QED) is 0.107. The molecule has 4 aliphatic rings. The Morgan fingerprint density at radius 2 is 1.54 bits per heavy atom. The van der Waals surface area contributed by atoms with Gasteiger partial charge >= 0.3 is 12.2 Å². The summed E-state index contributed by atoms with van der Waals surface area (Å²) < 4.78 is 21.9. The molecule has 3 fully saturated rings. The Bertz CT molecular complexity index is 2610. The van der Waals surface area contributed by atoms with Crippen molar-refractivity contribution in [1.29, 1.82) is 0 Å². The summed E-state index contributed by atoms with van der Waals surface area (Å²) in [6, 6.07) is 12.7. The Labute approximate surface area is 378 Å². The summed E-state index contributed by atoms with van der Waals surface area (Å²) in [6.07, 6.45) is 5.06. The van der Waals surface area contributed by atoms with Gasteiger partial charge in [0, 0.05) is 36.2 Å². The molecule has 3 aromatic carbocycles. The second kappa shape index (κ2) is 18.0. The van der Waals surface area contributed by atoms with Crippen LogP contribution in [0.1, 0.15) is 102 Å². The van der Waals surface area contributed by atoms with Crippen molar-refractivity contribution >= 4 is 45.8 Å². The monoisotopic (exact) mass is 888 g/mol. The van der Waals surface area contributed by atoms with Crippen LogP contribution in [0.2, 0.25) is 0 Å². The van der Waals surface area contributed by atoms with E-state index in [9.17, 15) is 19.2 Å². The Hall–Kier alpha value is -6.16. The zero-order valence-corrected chi connectivity index (χ0v) is 38.2. The number of nitrogens with one attached hydrogen (secondary N) is 4. The van der Waals surface area contributed by atoms with Crippen LogP contribution < -0.4 is 15.4 Å². The van der Waals surface area contributed by atoms with Gasteiger partial charge < -0.3 is 49.3 Å². The molecule has 4 aliphatic heterocycles. The van der Waals surface area contributed by atoms with Crippen LogP contribution in [0.3, 0.4) is 0 Å². The fourth-order valence-corrected chi connectivity index (χ4v) is 10.6. The number of benzene rings is 3. The number of H-pyrrole nitrogens is 2. The predicted molar refractivity (Wildman–Crippen MR) is 244 cm³/mol. The summed E-state index contributed by atoms with van der Waals surface area (Å²) >= 11 is 0. The van der Waals surface area contributed by atoms with Crippen LogP contribution in [0.25, 0.3) is 44.2 Å². The number of hydrogen-bond acceptors (Lipinski definition) is 10. The molecule has 5 aromatic rings. The van der Waals surface area contributed by atoms with Crippen LogP contribution >= 0.6 is 0 Å². The molecular formula is C49H60N8O8. The average Bonchev–Trinajstić information content (AvgIpc) is 4.14. The molecule has 65 heavy (non-hydrogen) atoms. The first-order chi connectivity index (χ1) is 31.3. The van der Waals surface area contributed by atoms with Crippen molar-refractivity contribution < 1.29 is 38.1 Å². The molecule has 0 saturated carbocycles. The molecule has 0 aliphatic carbocycles. The van der Waals surface area contributed by atoms with Crippen molar-refractivity contribution in [2.45, 2.75) is 116 Å². The second-order valence-electron chi connectivity index (χ2n) is 18.8. The number of aromatic nitrogens is 4.